The van der Waals surface area contributed by atoms with E-state index in [0.29, 0.717) is 24.3 Å². The molecule has 28 heavy (non-hydrogen) atoms. The summed E-state index contributed by atoms with van der Waals surface area (Å²) < 4.78 is 5.15. The van der Waals surface area contributed by atoms with Crippen LogP contribution in [-0.2, 0) is 16.0 Å². The highest BCUT2D eigenvalue weighted by molar-refractivity contribution is 7.12. The van der Waals surface area contributed by atoms with Gasteiger partial charge in [-0.1, -0.05) is 18.2 Å². The summed E-state index contributed by atoms with van der Waals surface area (Å²) in [4.78, 5) is 40.0. The molecule has 0 spiro atoms. The highest BCUT2D eigenvalue weighted by atomic mass is 32.1. The molecule has 2 aliphatic rings. The number of nitrogens with zero attached hydrogens (tertiary/aromatic N) is 1. The van der Waals surface area contributed by atoms with E-state index in [4.69, 9.17) is 4.74 Å². The van der Waals surface area contributed by atoms with Crippen LogP contribution in [-0.4, -0.2) is 54.4 Å². The zero-order valence-corrected chi connectivity index (χ0v) is 16.2. The van der Waals surface area contributed by atoms with Gasteiger partial charge in [-0.3, -0.25) is 14.4 Å². The zero-order chi connectivity index (χ0) is 19.7. The smallest absolute Gasteiger partial charge is 0.261 e. The van der Waals surface area contributed by atoms with Crippen LogP contribution in [0.4, 0.5) is 0 Å². The predicted octanol–water partition coefficient (Wildman–Crippen LogP) is 1.20. The third kappa shape index (κ3) is 3.60. The van der Waals surface area contributed by atoms with Gasteiger partial charge in [-0.15, -0.1) is 11.3 Å². The molecule has 7 nitrogen and oxygen atoms in total. The van der Waals surface area contributed by atoms with Crippen molar-refractivity contribution >= 4 is 29.1 Å². The third-order valence-corrected chi connectivity index (χ3v) is 6.05. The number of hydrogen-bond donors (Lipinski definition) is 2. The number of methoxy groups -OCH3 is 1. The molecule has 4 rings (SSSR count). The molecule has 2 fully saturated rings. The van der Waals surface area contributed by atoms with Crippen molar-refractivity contribution in [2.45, 2.75) is 31.0 Å². The SMILES string of the molecule is COc1ccc(C[C@@H]2NC(=O)[C@@H]3C[C@H](NC(=O)c4cccs4)CN3C2=O)cc1. The lowest BCUT2D eigenvalue weighted by Crippen LogP contribution is -2.61. The van der Waals surface area contributed by atoms with E-state index < -0.39 is 12.1 Å². The molecule has 8 heteroatoms. The molecule has 146 valence electrons. The monoisotopic (exact) mass is 399 g/mol. The highest BCUT2D eigenvalue weighted by Crippen LogP contribution is 2.25. The molecule has 2 N–H and O–H groups in total. The Hall–Kier alpha value is -2.87. The second-order valence-corrected chi connectivity index (χ2v) is 7.95. The van der Waals surface area contributed by atoms with Crippen molar-refractivity contribution in [1.29, 1.82) is 0 Å². The zero-order valence-electron chi connectivity index (χ0n) is 15.4. The van der Waals surface area contributed by atoms with E-state index in [9.17, 15) is 14.4 Å². The summed E-state index contributed by atoms with van der Waals surface area (Å²) in [7, 11) is 1.60. The summed E-state index contributed by atoms with van der Waals surface area (Å²) in [6, 6.07) is 9.67. The molecular formula is C20H21N3O4S. The Bertz CT molecular complexity index is 881. The maximum absolute atomic E-state index is 12.9. The first kappa shape index (κ1) is 18.5. The number of amides is 3. The number of ether oxygens (including phenoxy) is 1. The van der Waals surface area contributed by atoms with Gasteiger partial charge in [0, 0.05) is 19.0 Å². The fourth-order valence-corrected chi connectivity index (χ4v) is 4.39. The molecule has 2 aliphatic heterocycles. The predicted molar refractivity (Wildman–Crippen MR) is 104 cm³/mol. The van der Waals surface area contributed by atoms with Crippen LogP contribution in [0.3, 0.4) is 0 Å². The van der Waals surface area contributed by atoms with Crippen molar-refractivity contribution in [2.24, 2.45) is 0 Å². The fraction of sp³-hybridized carbons (Fsp3) is 0.350. The molecule has 3 heterocycles. The maximum atomic E-state index is 12.9. The largest absolute Gasteiger partial charge is 0.497 e. The average molecular weight is 399 g/mol. The number of nitrogens with one attached hydrogen (secondary N) is 2. The van der Waals surface area contributed by atoms with Crippen molar-refractivity contribution in [2.75, 3.05) is 13.7 Å². The van der Waals surface area contributed by atoms with Gasteiger partial charge in [0.2, 0.25) is 11.8 Å². The quantitative estimate of drug-likeness (QED) is 0.791. The Morgan fingerprint density at radius 3 is 2.75 bits per heavy atom. The Kier molecular flexibility index (Phi) is 5.04. The summed E-state index contributed by atoms with van der Waals surface area (Å²) in [6.45, 7) is 0.354. The number of carbonyl (C=O) groups is 3. The average Bonchev–Trinajstić information content (AvgIpc) is 3.37. The summed E-state index contributed by atoms with van der Waals surface area (Å²) in [5, 5.41) is 7.62. The van der Waals surface area contributed by atoms with Crippen LogP contribution in [0.5, 0.6) is 5.75 Å². The van der Waals surface area contributed by atoms with Crippen molar-refractivity contribution < 1.29 is 19.1 Å². The molecule has 0 aliphatic carbocycles. The number of thiophene rings is 1. The molecule has 1 aromatic heterocycles. The molecule has 3 atom stereocenters. The van der Waals surface area contributed by atoms with Gasteiger partial charge in [0.15, 0.2) is 0 Å². The minimum Gasteiger partial charge on any atom is -0.497 e. The van der Waals surface area contributed by atoms with E-state index >= 15 is 0 Å². The lowest BCUT2D eigenvalue weighted by molar-refractivity contribution is -0.147. The first-order chi connectivity index (χ1) is 13.5. The Morgan fingerprint density at radius 2 is 2.07 bits per heavy atom. The highest BCUT2D eigenvalue weighted by Gasteiger charge is 2.46. The van der Waals surface area contributed by atoms with Crippen LogP contribution in [0.2, 0.25) is 0 Å². The second kappa shape index (κ2) is 7.63. The van der Waals surface area contributed by atoms with Gasteiger partial charge in [-0.05, 0) is 35.6 Å². The molecule has 3 amide bonds. The van der Waals surface area contributed by atoms with Gasteiger partial charge in [0.25, 0.3) is 5.91 Å². The van der Waals surface area contributed by atoms with Gasteiger partial charge in [-0.2, -0.15) is 0 Å². The Morgan fingerprint density at radius 1 is 1.29 bits per heavy atom. The van der Waals surface area contributed by atoms with Crippen LogP contribution >= 0.6 is 11.3 Å². The summed E-state index contributed by atoms with van der Waals surface area (Å²) in [5.74, 6) is 0.313. The normalized spacial score (nSPS) is 23.9. The number of carbonyl (C=O) groups excluding carboxylic acids is 3. The molecule has 2 aromatic rings. The minimum absolute atomic E-state index is 0.103. The van der Waals surface area contributed by atoms with Crippen molar-refractivity contribution in [3.05, 3.63) is 52.2 Å². The van der Waals surface area contributed by atoms with Gasteiger partial charge in [-0.25, -0.2) is 0 Å². The molecular weight excluding hydrogens is 378 g/mol. The summed E-state index contributed by atoms with van der Waals surface area (Å²) >= 11 is 1.36. The number of rotatable bonds is 5. The third-order valence-electron chi connectivity index (χ3n) is 5.18. The van der Waals surface area contributed by atoms with E-state index in [-0.39, 0.29) is 23.8 Å². The summed E-state index contributed by atoms with van der Waals surface area (Å²) in [5.41, 5.74) is 0.944. The number of hydrogen-bond acceptors (Lipinski definition) is 5. The van der Waals surface area contributed by atoms with Crippen LogP contribution in [0.15, 0.2) is 41.8 Å². The Balaban J connectivity index is 1.41. The maximum Gasteiger partial charge on any atom is 0.261 e. The molecule has 0 radical (unpaired) electrons. The Labute approximate surface area is 166 Å². The topological polar surface area (TPSA) is 87.7 Å². The first-order valence-electron chi connectivity index (χ1n) is 9.13. The molecule has 1 aromatic carbocycles. The van der Waals surface area contributed by atoms with Gasteiger partial charge >= 0.3 is 0 Å². The van der Waals surface area contributed by atoms with Crippen molar-refractivity contribution in [3.8, 4) is 5.75 Å². The van der Waals surface area contributed by atoms with Crippen LogP contribution < -0.4 is 15.4 Å². The molecule has 0 saturated carbocycles. The van der Waals surface area contributed by atoms with E-state index in [1.165, 1.54) is 11.3 Å². The fourth-order valence-electron chi connectivity index (χ4n) is 3.76. The van der Waals surface area contributed by atoms with Gasteiger partial charge in [0.1, 0.15) is 17.8 Å². The summed E-state index contributed by atoms with van der Waals surface area (Å²) in [6.07, 6.45) is 0.855. The standard InChI is InChI=1S/C20H21N3O4S/c1-27-14-6-4-12(5-7-14)9-15-20(26)23-11-13(10-16(23)18(24)22-15)21-19(25)17-3-2-8-28-17/h2-8,13,15-16H,9-11H2,1H3,(H,21,25)(H,22,24)/t13-,15-,16-/m0/s1. The van der Waals surface area contributed by atoms with Crippen LogP contribution in [0.25, 0.3) is 0 Å². The van der Waals surface area contributed by atoms with E-state index in [2.05, 4.69) is 10.6 Å². The second-order valence-electron chi connectivity index (χ2n) is 7.00. The van der Waals surface area contributed by atoms with Crippen molar-refractivity contribution in [1.82, 2.24) is 15.5 Å². The number of piperazine rings is 1. The molecule has 0 unspecified atom stereocenters. The first-order valence-corrected chi connectivity index (χ1v) is 10.0. The molecule has 0 bridgehead atoms. The minimum atomic E-state index is -0.594. The van der Waals surface area contributed by atoms with Gasteiger partial charge in [0.05, 0.1) is 12.0 Å². The van der Waals surface area contributed by atoms with Crippen LogP contribution in [0.1, 0.15) is 21.7 Å². The van der Waals surface area contributed by atoms with E-state index in [1.54, 1.807) is 18.1 Å². The molecule has 2 saturated heterocycles. The van der Waals surface area contributed by atoms with Crippen LogP contribution in [0, 0.1) is 0 Å². The number of fused-ring (bicyclic) bond motifs is 1. The number of benzene rings is 1. The van der Waals surface area contributed by atoms with E-state index in [0.717, 1.165) is 11.3 Å². The lowest BCUT2D eigenvalue weighted by atomic mass is 10.0. The van der Waals surface area contributed by atoms with Crippen molar-refractivity contribution in [3.63, 3.8) is 0 Å². The van der Waals surface area contributed by atoms with E-state index in [1.807, 2.05) is 35.7 Å². The lowest BCUT2D eigenvalue weighted by Gasteiger charge is -2.34. The van der Waals surface area contributed by atoms with Gasteiger partial charge < -0.3 is 20.3 Å².